The zero-order chi connectivity index (χ0) is 35.3. The molecule has 53 heavy (non-hydrogen) atoms. The van der Waals surface area contributed by atoms with Crippen LogP contribution in [-0.2, 0) is 5.41 Å². The molecule has 1 aliphatic carbocycles. The number of thiophene rings is 1. The van der Waals surface area contributed by atoms with E-state index in [1.54, 1.807) is 11.3 Å². The predicted molar refractivity (Wildman–Crippen MR) is 221 cm³/mol. The Kier molecular flexibility index (Phi) is 6.43. The maximum Gasteiger partial charge on any atom is 0.238 e. The van der Waals surface area contributed by atoms with Gasteiger partial charge >= 0.3 is 0 Å². The van der Waals surface area contributed by atoms with Gasteiger partial charge in [-0.1, -0.05) is 153 Å². The van der Waals surface area contributed by atoms with Gasteiger partial charge in [0.05, 0.1) is 11.0 Å². The van der Waals surface area contributed by atoms with Gasteiger partial charge in [0, 0.05) is 53.1 Å². The molecule has 0 radical (unpaired) electrons. The summed E-state index contributed by atoms with van der Waals surface area (Å²) in [5.74, 6) is 1.91. The number of nitrogens with zero attached hydrogens (tertiary/aromatic N) is 4. The lowest BCUT2D eigenvalue weighted by Crippen LogP contribution is -2.14. The van der Waals surface area contributed by atoms with Crippen LogP contribution in [0.4, 0.5) is 0 Å². The highest BCUT2D eigenvalue weighted by molar-refractivity contribution is 7.26. The zero-order valence-electron chi connectivity index (χ0n) is 29.2. The third kappa shape index (κ3) is 4.44. The van der Waals surface area contributed by atoms with Gasteiger partial charge in [-0.05, 0) is 46.0 Å². The van der Waals surface area contributed by atoms with Gasteiger partial charge in [-0.15, -0.1) is 11.3 Å². The summed E-state index contributed by atoms with van der Waals surface area (Å²) in [6, 6.07) is 56.3. The van der Waals surface area contributed by atoms with Gasteiger partial charge in [-0.25, -0.2) is 4.98 Å². The summed E-state index contributed by atoms with van der Waals surface area (Å²) >= 11 is 1.79. The summed E-state index contributed by atoms with van der Waals surface area (Å²) in [6.07, 6.45) is 0. The van der Waals surface area contributed by atoms with Crippen LogP contribution in [-0.4, -0.2) is 19.5 Å². The largest absolute Gasteiger partial charge is 0.277 e. The minimum absolute atomic E-state index is 0.145. The monoisotopic (exact) mass is 696 g/mol. The van der Waals surface area contributed by atoms with Crippen LogP contribution in [0.15, 0.2) is 158 Å². The highest BCUT2D eigenvalue weighted by Crippen LogP contribution is 2.52. The lowest BCUT2D eigenvalue weighted by molar-refractivity contribution is 0.660. The van der Waals surface area contributed by atoms with Crippen LogP contribution in [0.2, 0.25) is 0 Å². The molecule has 10 aromatic rings. The number of para-hydroxylation sites is 1. The molecule has 0 amide bonds. The molecule has 7 aromatic carbocycles. The van der Waals surface area contributed by atoms with Gasteiger partial charge in [0.15, 0.2) is 11.6 Å². The number of hydrogen-bond acceptors (Lipinski definition) is 4. The molecule has 0 aliphatic heterocycles. The molecule has 1 aliphatic rings. The number of benzene rings is 7. The number of fused-ring (bicyclic) bond motifs is 10. The molecule has 5 heteroatoms. The summed E-state index contributed by atoms with van der Waals surface area (Å²) in [6.45, 7) is 4.67. The highest BCUT2D eigenvalue weighted by atomic mass is 32.1. The molecule has 0 saturated carbocycles. The molecule has 0 fully saturated rings. The van der Waals surface area contributed by atoms with E-state index in [9.17, 15) is 0 Å². The molecule has 3 aromatic heterocycles. The molecule has 4 nitrogen and oxygen atoms in total. The van der Waals surface area contributed by atoms with Crippen molar-refractivity contribution in [2.75, 3.05) is 0 Å². The lowest BCUT2D eigenvalue weighted by atomic mass is 9.82. The van der Waals surface area contributed by atoms with E-state index >= 15 is 0 Å². The van der Waals surface area contributed by atoms with Crippen LogP contribution in [0.25, 0.3) is 93.0 Å². The average molecular weight is 697 g/mol. The second-order valence-corrected chi connectivity index (χ2v) is 15.5. The minimum atomic E-state index is -0.145. The molecule has 0 spiro atoms. The molecule has 0 bridgehead atoms. The van der Waals surface area contributed by atoms with Crippen LogP contribution in [0.1, 0.15) is 25.0 Å². The van der Waals surface area contributed by atoms with Gasteiger partial charge in [0.1, 0.15) is 0 Å². The maximum atomic E-state index is 5.42. The fraction of sp³-hybridized carbons (Fsp3) is 0.0625. The summed E-state index contributed by atoms with van der Waals surface area (Å²) in [5, 5.41) is 4.83. The van der Waals surface area contributed by atoms with Crippen LogP contribution < -0.4 is 0 Å². The fourth-order valence-electron chi connectivity index (χ4n) is 8.53. The van der Waals surface area contributed by atoms with Gasteiger partial charge in [-0.3, -0.25) is 4.57 Å². The molecular formula is C48H32N4S. The SMILES string of the molecule is CC1(C)c2ccccc2-c2c1ccc1c3ccccc3n(-c3nc(-c4ccc(-c5ccccc5)cc4)nc(-c4cccc5c4sc4ccccc45)n3)c21. The van der Waals surface area contributed by atoms with Crippen LogP contribution in [0.3, 0.4) is 0 Å². The smallest absolute Gasteiger partial charge is 0.238 e. The van der Waals surface area contributed by atoms with Crippen LogP contribution >= 0.6 is 11.3 Å². The lowest BCUT2D eigenvalue weighted by Gasteiger charge is -2.21. The minimum Gasteiger partial charge on any atom is -0.277 e. The van der Waals surface area contributed by atoms with Crippen molar-refractivity contribution in [3.63, 3.8) is 0 Å². The Morgan fingerprint density at radius 2 is 1.13 bits per heavy atom. The highest BCUT2D eigenvalue weighted by Gasteiger charge is 2.37. The van der Waals surface area contributed by atoms with Crippen LogP contribution in [0, 0.1) is 0 Å². The Bertz CT molecular complexity index is 3080. The second kappa shape index (κ2) is 11.3. The van der Waals surface area contributed by atoms with E-state index in [2.05, 4.69) is 170 Å². The van der Waals surface area contributed by atoms with E-state index in [0.29, 0.717) is 17.6 Å². The quantitative estimate of drug-likeness (QED) is 0.184. The molecule has 250 valence electrons. The van der Waals surface area contributed by atoms with Crippen molar-refractivity contribution in [1.82, 2.24) is 19.5 Å². The Morgan fingerprint density at radius 1 is 0.472 bits per heavy atom. The third-order valence-electron chi connectivity index (χ3n) is 11.1. The van der Waals surface area contributed by atoms with E-state index in [-0.39, 0.29) is 5.41 Å². The fourth-order valence-corrected chi connectivity index (χ4v) is 9.74. The molecule has 11 rings (SSSR count). The Labute approximate surface area is 310 Å². The van der Waals surface area contributed by atoms with E-state index in [1.165, 1.54) is 58.8 Å². The molecular weight excluding hydrogens is 665 g/mol. The first kappa shape index (κ1) is 30.2. The molecule has 3 heterocycles. The normalized spacial score (nSPS) is 13.2. The predicted octanol–water partition coefficient (Wildman–Crippen LogP) is 12.6. The summed E-state index contributed by atoms with van der Waals surface area (Å²) in [7, 11) is 0. The first-order chi connectivity index (χ1) is 26.0. The maximum absolute atomic E-state index is 5.42. The Balaban J connectivity index is 1.22. The molecule has 0 atom stereocenters. The second-order valence-electron chi connectivity index (χ2n) is 14.4. The Hall–Kier alpha value is -6.43. The van der Waals surface area contributed by atoms with Crippen molar-refractivity contribution in [2.24, 2.45) is 0 Å². The van der Waals surface area contributed by atoms with Gasteiger partial charge in [0.2, 0.25) is 5.95 Å². The van der Waals surface area contributed by atoms with Crippen molar-refractivity contribution in [2.45, 2.75) is 19.3 Å². The summed E-state index contributed by atoms with van der Waals surface area (Å²) in [5.41, 5.74) is 11.5. The van der Waals surface area contributed by atoms with Crippen LogP contribution in [0.5, 0.6) is 0 Å². The summed E-state index contributed by atoms with van der Waals surface area (Å²) in [4.78, 5) is 16.1. The van der Waals surface area contributed by atoms with Gasteiger partial charge < -0.3 is 0 Å². The first-order valence-electron chi connectivity index (χ1n) is 18.0. The zero-order valence-corrected chi connectivity index (χ0v) is 30.0. The number of rotatable bonds is 4. The van der Waals surface area contributed by atoms with E-state index < -0.39 is 0 Å². The molecule has 0 N–H and O–H groups in total. The Morgan fingerprint density at radius 3 is 2.00 bits per heavy atom. The van der Waals surface area contributed by atoms with Gasteiger partial charge in [0.25, 0.3) is 0 Å². The van der Waals surface area contributed by atoms with Crippen molar-refractivity contribution < 1.29 is 0 Å². The number of hydrogen-bond donors (Lipinski definition) is 0. The molecule has 0 saturated heterocycles. The first-order valence-corrected chi connectivity index (χ1v) is 18.9. The molecule has 0 unspecified atom stereocenters. The van der Waals surface area contributed by atoms with Gasteiger partial charge in [-0.2, -0.15) is 9.97 Å². The van der Waals surface area contributed by atoms with E-state index in [1.807, 2.05) is 6.07 Å². The van der Waals surface area contributed by atoms with E-state index in [0.717, 1.165) is 27.7 Å². The standard InChI is InChI=1S/C48H32N4S/c1-48(2)38-20-9-6-17-36(38)42-39(48)28-27-34-32-15-7-10-21-40(32)52(43(34)42)47-50-45(31-25-23-30(24-26-31)29-13-4-3-5-14-29)49-46(51-47)37-19-12-18-35-33-16-8-11-22-41(33)53-44(35)37/h3-28H,1-2H3. The summed E-state index contributed by atoms with van der Waals surface area (Å²) < 4.78 is 4.72. The van der Waals surface area contributed by atoms with Crippen molar-refractivity contribution in [1.29, 1.82) is 0 Å². The van der Waals surface area contributed by atoms with Crippen molar-refractivity contribution >= 4 is 53.3 Å². The van der Waals surface area contributed by atoms with Crippen molar-refractivity contribution in [3.8, 4) is 51.0 Å². The van der Waals surface area contributed by atoms with E-state index in [4.69, 9.17) is 15.0 Å². The topological polar surface area (TPSA) is 43.6 Å². The number of aromatic nitrogens is 4. The van der Waals surface area contributed by atoms with Crippen molar-refractivity contribution in [3.05, 3.63) is 169 Å². The average Bonchev–Trinajstić information content (AvgIpc) is 3.84. The third-order valence-corrected chi connectivity index (χ3v) is 12.3.